The van der Waals surface area contributed by atoms with Crippen LogP contribution >= 0.6 is 27.9 Å². The lowest BCUT2D eigenvalue weighted by atomic mass is 10.2. The zero-order chi connectivity index (χ0) is 9.14. The van der Waals surface area contributed by atoms with Gasteiger partial charge in [-0.1, -0.05) is 22.0 Å². The number of benzene rings is 1. The third-order valence-electron chi connectivity index (χ3n) is 1.43. The maximum absolute atomic E-state index is 3.50. The molecule has 1 aromatic rings. The predicted molar refractivity (Wildman–Crippen MR) is 58.4 cm³/mol. The molecule has 0 aliphatic rings. The Morgan fingerprint density at radius 3 is 2.50 bits per heavy atom. The van der Waals surface area contributed by atoms with Gasteiger partial charge < -0.3 is 0 Å². The van der Waals surface area contributed by atoms with Gasteiger partial charge in [0.25, 0.3) is 0 Å². The Labute approximate surface area is 86.4 Å². The van der Waals surface area contributed by atoms with E-state index >= 15 is 0 Å². The Kier molecular flexibility index (Phi) is 3.62. The van der Waals surface area contributed by atoms with Crippen LogP contribution in [0.25, 0.3) is 0 Å². The first-order valence-corrected chi connectivity index (χ1v) is 5.27. The molecule has 0 unspecified atom stereocenters. The molecule has 0 saturated carbocycles. The minimum atomic E-state index is 1.18. The van der Waals surface area contributed by atoms with Gasteiger partial charge >= 0.3 is 0 Å². The minimum Gasteiger partial charge on any atom is -0.253 e. The Balaban J connectivity index is 2.82. The molecule has 0 bridgehead atoms. The lowest BCUT2D eigenvalue weighted by Crippen LogP contribution is -1.98. The van der Waals surface area contributed by atoms with Crippen LogP contribution in [-0.4, -0.2) is 18.4 Å². The van der Waals surface area contributed by atoms with Crippen molar-refractivity contribution in [1.82, 2.24) is 4.31 Å². The van der Waals surface area contributed by atoms with Crippen molar-refractivity contribution in [3.8, 4) is 0 Å². The van der Waals surface area contributed by atoms with Gasteiger partial charge in [0.05, 0.1) is 0 Å². The standard InChI is InChI=1S/C9H12BrNS/c1-7-4-5-8(6-9(7)10)12-11(2)3/h4-6H,1-3H3. The van der Waals surface area contributed by atoms with E-state index in [0.29, 0.717) is 0 Å². The Morgan fingerprint density at radius 1 is 1.33 bits per heavy atom. The summed E-state index contributed by atoms with van der Waals surface area (Å²) in [5, 5.41) is 0. The highest BCUT2D eigenvalue weighted by Crippen LogP contribution is 2.25. The summed E-state index contributed by atoms with van der Waals surface area (Å²) in [6.45, 7) is 2.09. The molecule has 1 nitrogen and oxygen atoms in total. The number of hydrogen-bond acceptors (Lipinski definition) is 2. The average molecular weight is 246 g/mol. The molecule has 66 valence electrons. The van der Waals surface area contributed by atoms with E-state index in [9.17, 15) is 0 Å². The second kappa shape index (κ2) is 4.30. The maximum Gasteiger partial charge on any atom is 0.0241 e. The summed E-state index contributed by atoms with van der Waals surface area (Å²) in [6.07, 6.45) is 0. The lowest BCUT2D eigenvalue weighted by Gasteiger charge is -2.08. The normalized spacial score (nSPS) is 10.8. The van der Waals surface area contributed by atoms with Crippen molar-refractivity contribution in [2.75, 3.05) is 14.1 Å². The fourth-order valence-electron chi connectivity index (χ4n) is 0.841. The van der Waals surface area contributed by atoms with E-state index < -0.39 is 0 Å². The Morgan fingerprint density at radius 2 is 2.00 bits per heavy atom. The number of aryl methyl sites for hydroxylation is 1. The molecule has 0 aliphatic heterocycles. The van der Waals surface area contributed by atoms with E-state index in [4.69, 9.17) is 0 Å². The molecule has 0 amide bonds. The summed E-state index contributed by atoms with van der Waals surface area (Å²) in [7, 11) is 4.08. The summed E-state index contributed by atoms with van der Waals surface area (Å²) in [5.74, 6) is 0. The molecular weight excluding hydrogens is 234 g/mol. The molecule has 0 atom stereocenters. The van der Waals surface area contributed by atoms with E-state index in [1.54, 1.807) is 11.9 Å². The van der Waals surface area contributed by atoms with Gasteiger partial charge in [0.2, 0.25) is 0 Å². The number of halogens is 1. The monoisotopic (exact) mass is 245 g/mol. The van der Waals surface area contributed by atoms with E-state index in [-0.39, 0.29) is 0 Å². The van der Waals surface area contributed by atoms with E-state index in [2.05, 4.69) is 45.4 Å². The van der Waals surface area contributed by atoms with Gasteiger partial charge in [-0.3, -0.25) is 4.31 Å². The van der Waals surface area contributed by atoms with Gasteiger partial charge in [-0.25, -0.2) is 0 Å². The number of nitrogens with zero attached hydrogens (tertiary/aromatic N) is 1. The fraction of sp³-hybridized carbons (Fsp3) is 0.333. The van der Waals surface area contributed by atoms with Crippen LogP contribution in [0.3, 0.4) is 0 Å². The number of hydrogen-bond donors (Lipinski definition) is 0. The first kappa shape index (κ1) is 10.1. The average Bonchev–Trinajstić information content (AvgIpc) is 1.96. The first-order valence-electron chi connectivity index (χ1n) is 3.71. The van der Waals surface area contributed by atoms with E-state index in [0.717, 1.165) is 0 Å². The summed E-state index contributed by atoms with van der Waals surface area (Å²) in [4.78, 5) is 1.26. The second-order valence-corrected chi connectivity index (χ2v) is 5.05. The molecule has 0 heterocycles. The van der Waals surface area contributed by atoms with Gasteiger partial charge in [0.15, 0.2) is 0 Å². The van der Waals surface area contributed by atoms with Crippen molar-refractivity contribution in [3.05, 3.63) is 28.2 Å². The maximum atomic E-state index is 3.50. The SMILES string of the molecule is Cc1ccc(SN(C)C)cc1Br. The summed E-state index contributed by atoms with van der Waals surface area (Å²) in [5.41, 5.74) is 1.28. The third-order valence-corrected chi connectivity index (χ3v) is 3.12. The van der Waals surface area contributed by atoms with Crippen molar-refractivity contribution in [1.29, 1.82) is 0 Å². The van der Waals surface area contributed by atoms with Crippen LogP contribution in [0.15, 0.2) is 27.6 Å². The molecule has 0 radical (unpaired) electrons. The predicted octanol–water partition coefficient (Wildman–Crippen LogP) is 3.33. The third kappa shape index (κ3) is 2.81. The van der Waals surface area contributed by atoms with Gasteiger partial charge in [-0.05, 0) is 50.7 Å². The van der Waals surface area contributed by atoms with Gasteiger partial charge in [0.1, 0.15) is 0 Å². The van der Waals surface area contributed by atoms with Crippen molar-refractivity contribution in [2.24, 2.45) is 0 Å². The Bertz CT molecular complexity index is 273. The quantitative estimate of drug-likeness (QED) is 0.736. The van der Waals surface area contributed by atoms with E-state index in [1.165, 1.54) is 14.9 Å². The smallest absolute Gasteiger partial charge is 0.0241 e. The highest BCUT2D eigenvalue weighted by Gasteiger charge is 1.98. The van der Waals surface area contributed by atoms with Crippen LogP contribution in [0.5, 0.6) is 0 Å². The first-order chi connectivity index (χ1) is 5.59. The van der Waals surface area contributed by atoms with E-state index in [1.807, 2.05) is 14.1 Å². The molecule has 0 N–H and O–H groups in total. The zero-order valence-corrected chi connectivity index (χ0v) is 9.87. The van der Waals surface area contributed by atoms with Crippen LogP contribution < -0.4 is 0 Å². The lowest BCUT2D eigenvalue weighted by molar-refractivity contribution is 0.702. The fourth-order valence-corrected chi connectivity index (χ4v) is 2.09. The second-order valence-electron chi connectivity index (χ2n) is 2.81. The minimum absolute atomic E-state index is 1.18. The molecule has 0 saturated heterocycles. The van der Waals surface area contributed by atoms with Crippen molar-refractivity contribution >= 4 is 27.9 Å². The Hall–Kier alpha value is 0.01000. The largest absolute Gasteiger partial charge is 0.253 e. The number of rotatable bonds is 2. The molecule has 12 heavy (non-hydrogen) atoms. The van der Waals surface area contributed by atoms with Gasteiger partial charge in [-0.15, -0.1) is 0 Å². The summed E-state index contributed by atoms with van der Waals surface area (Å²) < 4.78 is 3.26. The van der Waals surface area contributed by atoms with Crippen LogP contribution in [0, 0.1) is 6.92 Å². The molecule has 1 aromatic carbocycles. The topological polar surface area (TPSA) is 3.24 Å². The molecular formula is C9H12BrNS. The summed E-state index contributed by atoms with van der Waals surface area (Å²) in [6, 6.07) is 6.39. The van der Waals surface area contributed by atoms with Gasteiger partial charge in [-0.2, -0.15) is 0 Å². The molecule has 0 aliphatic carbocycles. The van der Waals surface area contributed by atoms with Crippen LogP contribution in [0.1, 0.15) is 5.56 Å². The molecule has 0 aromatic heterocycles. The van der Waals surface area contributed by atoms with Crippen molar-refractivity contribution < 1.29 is 0 Å². The molecule has 0 fully saturated rings. The summed E-state index contributed by atoms with van der Waals surface area (Å²) >= 11 is 5.23. The van der Waals surface area contributed by atoms with Crippen LogP contribution in [0.2, 0.25) is 0 Å². The highest BCUT2D eigenvalue weighted by atomic mass is 79.9. The van der Waals surface area contributed by atoms with Gasteiger partial charge in [0, 0.05) is 9.37 Å². The zero-order valence-electron chi connectivity index (χ0n) is 7.47. The van der Waals surface area contributed by atoms with Crippen molar-refractivity contribution in [3.63, 3.8) is 0 Å². The van der Waals surface area contributed by atoms with Crippen molar-refractivity contribution in [2.45, 2.75) is 11.8 Å². The van der Waals surface area contributed by atoms with Crippen LogP contribution in [0.4, 0.5) is 0 Å². The van der Waals surface area contributed by atoms with Crippen LogP contribution in [-0.2, 0) is 0 Å². The molecule has 1 rings (SSSR count). The highest BCUT2D eigenvalue weighted by molar-refractivity contribution is 9.10. The molecule has 3 heteroatoms. The molecule has 0 spiro atoms.